The van der Waals surface area contributed by atoms with Crippen molar-refractivity contribution in [2.45, 2.75) is 6.61 Å². The molecule has 0 radical (unpaired) electrons. The zero-order valence-corrected chi connectivity index (χ0v) is 13.9. The van der Waals surface area contributed by atoms with E-state index in [2.05, 4.69) is 10.2 Å². The molecule has 126 valence electrons. The molecule has 0 aliphatic rings. The molecule has 0 atom stereocenters. The van der Waals surface area contributed by atoms with E-state index in [0.29, 0.717) is 17.9 Å². The number of hydrogen-bond donors (Lipinski definition) is 1. The predicted octanol–water partition coefficient (Wildman–Crippen LogP) is 2.24. The van der Waals surface area contributed by atoms with Crippen molar-refractivity contribution < 1.29 is 4.74 Å². The van der Waals surface area contributed by atoms with E-state index in [9.17, 15) is 4.79 Å². The molecule has 0 saturated carbocycles. The van der Waals surface area contributed by atoms with E-state index >= 15 is 0 Å². The molecule has 25 heavy (non-hydrogen) atoms. The van der Waals surface area contributed by atoms with Gasteiger partial charge in [-0.15, -0.1) is 0 Å². The molecule has 3 heterocycles. The summed E-state index contributed by atoms with van der Waals surface area (Å²) in [7, 11) is 3.45. The molecule has 4 aromatic rings. The van der Waals surface area contributed by atoms with Crippen molar-refractivity contribution in [2.24, 2.45) is 7.05 Å². The summed E-state index contributed by atoms with van der Waals surface area (Å²) in [5.41, 5.74) is 4.44. The Bertz CT molecular complexity index is 1090. The fraction of sp³-hybridized carbons (Fsp3) is 0.167. The third-order valence-corrected chi connectivity index (χ3v) is 4.04. The summed E-state index contributed by atoms with van der Waals surface area (Å²) in [6.45, 7) is 0.356. The van der Waals surface area contributed by atoms with Gasteiger partial charge >= 0.3 is 0 Å². The van der Waals surface area contributed by atoms with E-state index in [1.54, 1.807) is 18.0 Å². The smallest absolute Gasteiger partial charge is 0.273 e. The predicted molar refractivity (Wildman–Crippen MR) is 94.2 cm³/mol. The van der Waals surface area contributed by atoms with Crippen LogP contribution in [0.25, 0.3) is 28.0 Å². The molecule has 0 spiro atoms. The molecular formula is C18H17N5O2. The van der Waals surface area contributed by atoms with Crippen LogP contribution in [-0.4, -0.2) is 31.5 Å². The van der Waals surface area contributed by atoms with Crippen LogP contribution in [0.2, 0.25) is 0 Å². The van der Waals surface area contributed by atoms with Gasteiger partial charge in [-0.05, 0) is 5.56 Å². The van der Waals surface area contributed by atoms with Gasteiger partial charge in [0.05, 0.1) is 24.2 Å². The van der Waals surface area contributed by atoms with Crippen LogP contribution < -0.4 is 5.56 Å². The summed E-state index contributed by atoms with van der Waals surface area (Å²) in [6.07, 6.45) is 3.53. The lowest BCUT2D eigenvalue weighted by molar-refractivity contribution is 0.181. The maximum absolute atomic E-state index is 12.6. The Morgan fingerprint density at radius 3 is 2.68 bits per heavy atom. The summed E-state index contributed by atoms with van der Waals surface area (Å²) in [6, 6.07) is 11.4. The second-order valence-corrected chi connectivity index (χ2v) is 5.81. The molecule has 0 aliphatic heterocycles. The van der Waals surface area contributed by atoms with Crippen molar-refractivity contribution in [3.05, 3.63) is 64.8 Å². The average molecular weight is 335 g/mol. The van der Waals surface area contributed by atoms with Gasteiger partial charge < -0.3 is 4.74 Å². The van der Waals surface area contributed by atoms with E-state index in [4.69, 9.17) is 9.72 Å². The fourth-order valence-corrected chi connectivity index (χ4v) is 2.94. The standard InChI is InChI=1S/C18H17N5O2/c1-22-10-13(9-19-22)14-8-16(24)23-18(20-14)17(15(21-23)11-25-2)12-6-4-3-5-7-12/h3-10,21H,11H2,1-2H3. The first-order valence-electron chi connectivity index (χ1n) is 7.85. The van der Waals surface area contributed by atoms with Gasteiger partial charge in [-0.2, -0.15) is 5.10 Å². The summed E-state index contributed by atoms with van der Waals surface area (Å²) in [4.78, 5) is 17.3. The average Bonchev–Trinajstić information content (AvgIpc) is 3.20. The Morgan fingerprint density at radius 1 is 1.20 bits per heavy atom. The number of rotatable bonds is 4. The Kier molecular flexibility index (Phi) is 3.70. The molecule has 7 heteroatoms. The number of nitrogens with one attached hydrogen (secondary N) is 1. The molecule has 4 rings (SSSR count). The summed E-state index contributed by atoms with van der Waals surface area (Å²) in [5.74, 6) is 0. The first-order chi connectivity index (χ1) is 12.2. The Morgan fingerprint density at radius 2 is 2.00 bits per heavy atom. The van der Waals surface area contributed by atoms with Gasteiger partial charge in [0, 0.05) is 37.5 Å². The number of nitrogens with zero attached hydrogens (tertiary/aromatic N) is 4. The monoisotopic (exact) mass is 335 g/mol. The van der Waals surface area contributed by atoms with Crippen LogP contribution >= 0.6 is 0 Å². The van der Waals surface area contributed by atoms with Crippen LogP contribution in [0.3, 0.4) is 0 Å². The van der Waals surface area contributed by atoms with Gasteiger partial charge in [0.25, 0.3) is 5.56 Å². The minimum Gasteiger partial charge on any atom is -0.378 e. The molecule has 0 amide bonds. The number of aromatic amines is 1. The summed E-state index contributed by atoms with van der Waals surface area (Å²) in [5, 5.41) is 7.27. The van der Waals surface area contributed by atoms with Crippen molar-refractivity contribution in [2.75, 3.05) is 7.11 Å². The van der Waals surface area contributed by atoms with Gasteiger partial charge in [0.15, 0.2) is 5.65 Å². The highest BCUT2D eigenvalue weighted by Gasteiger charge is 2.17. The van der Waals surface area contributed by atoms with Gasteiger partial charge in [-0.25, -0.2) is 9.50 Å². The van der Waals surface area contributed by atoms with E-state index in [1.165, 1.54) is 10.6 Å². The van der Waals surface area contributed by atoms with E-state index in [-0.39, 0.29) is 5.56 Å². The van der Waals surface area contributed by atoms with Gasteiger partial charge in [-0.3, -0.25) is 14.6 Å². The molecule has 0 unspecified atom stereocenters. The number of benzene rings is 1. The number of aryl methyl sites for hydroxylation is 1. The van der Waals surface area contributed by atoms with Crippen LogP contribution in [0.1, 0.15) is 5.69 Å². The Labute approximate surface area is 143 Å². The second kappa shape index (κ2) is 6.03. The van der Waals surface area contributed by atoms with Gasteiger partial charge in [0.1, 0.15) is 0 Å². The van der Waals surface area contributed by atoms with Crippen LogP contribution in [0.4, 0.5) is 0 Å². The first kappa shape index (κ1) is 15.3. The van der Waals surface area contributed by atoms with Crippen molar-refractivity contribution in [1.82, 2.24) is 24.4 Å². The number of H-pyrrole nitrogens is 1. The maximum Gasteiger partial charge on any atom is 0.273 e. The SMILES string of the molecule is COCc1[nH]n2c(=O)cc(-c3cnn(C)c3)nc2c1-c1ccccc1. The van der Waals surface area contributed by atoms with Crippen LogP contribution in [0.15, 0.2) is 53.6 Å². The first-order valence-corrected chi connectivity index (χ1v) is 7.85. The molecule has 3 aromatic heterocycles. The lowest BCUT2D eigenvalue weighted by Gasteiger charge is -2.03. The molecule has 0 saturated heterocycles. The highest BCUT2D eigenvalue weighted by molar-refractivity contribution is 5.81. The van der Waals surface area contributed by atoms with Crippen molar-refractivity contribution in [3.63, 3.8) is 0 Å². The zero-order valence-electron chi connectivity index (χ0n) is 13.9. The molecule has 0 bridgehead atoms. The third-order valence-electron chi connectivity index (χ3n) is 4.04. The number of ether oxygens (including phenoxy) is 1. The summed E-state index contributed by atoms with van der Waals surface area (Å²) < 4.78 is 8.43. The van der Waals surface area contributed by atoms with Crippen molar-refractivity contribution in [1.29, 1.82) is 0 Å². The number of hydrogen-bond acceptors (Lipinski definition) is 4. The molecule has 0 fully saturated rings. The lowest BCUT2D eigenvalue weighted by Crippen LogP contribution is -2.14. The second-order valence-electron chi connectivity index (χ2n) is 5.81. The van der Waals surface area contributed by atoms with Crippen LogP contribution in [0, 0.1) is 0 Å². The molecular weight excluding hydrogens is 318 g/mol. The molecule has 0 aliphatic carbocycles. The minimum absolute atomic E-state index is 0.177. The summed E-state index contributed by atoms with van der Waals surface area (Å²) >= 11 is 0. The Hall–Kier alpha value is -3.19. The highest BCUT2D eigenvalue weighted by atomic mass is 16.5. The van der Waals surface area contributed by atoms with Gasteiger partial charge in [-0.1, -0.05) is 30.3 Å². The van der Waals surface area contributed by atoms with Crippen LogP contribution in [0.5, 0.6) is 0 Å². The molecule has 1 N–H and O–H groups in total. The van der Waals surface area contributed by atoms with E-state index in [1.807, 2.05) is 43.6 Å². The fourth-order valence-electron chi connectivity index (χ4n) is 2.94. The number of fused-ring (bicyclic) bond motifs is 1. The van der Waals surface area contributed by atoms with Gasteiger partial charge in [0.2, 0.25) is 0 Å². The van der Waals surface area contributed by atoms with Crippen LogP contribution in [-0.2, 0) is 18.4 Å². The van der Waals surface area contributed by atoms with Crippen molar-refractivity contribution in [3.8, 4) is 22.4 Å². The minimum atomic E-state index is -0.177. The maximum atomic E-state index is 12.6. The van der Waals surface area contributed by atoms with E-state index in [0.717, 1.165) is 22.4 Å². The lowest BCUT2D eigenvalue weighted by atomic mass is 10.1. The normalized spacial score (nSPS) is 11.3. The molecule has 1 aromatic carbocycles. The third kappa shape index (κ3) is 2.64. The number of aromatic nitrogens is 5. The quantitative estimate of drug-likeness (QED) is 0.620. The largest absolute Gasteiger partial charge is 0.378 e. The van der Waals surface area contributed by atoms with Crippen molar-refractivity contribution >= 4 is 5.65 Å². The topological polar surface area (TPSA) is 77.2 Å². The highest BCUT2D eigenvalue weighted by Crippen LogP contribution is 2.28. The Balaban J connectivity index is 2.02. The number of methoxy groups -OCH3 is 1. The van der Waals surface area contributed by atoms with E-state index < -0.39 is 0 Å². The zero-order chi connectivity index (χ0) is 17.4. The molecule has 7 nitrogen and oxygen atoms in total.